The van der Waals surface area contributed by atoms with Crippen LogP contribution in [0.5, 0.6) is 0 Å². The van der Waals surface area contributed by atoms with Crippen molar-refractivity contribution in [2.75, 3.05) is 0 Å². The van der Waals surface area contributed by atoms with Crippen LogP contribution in [0.3, 0.4) is 0 Å². The average Bonchev–Trinajstić information content (AvgIpc) is 2.71. The Morgan fingerprint density at radius 1 is 1.00 bits per heavy atom. The van der Waals surface area contributed by atoms with Crippen molar-refractivity contribution in [3.05, 3.63) is 90.0 Å². The molecule has 0 aliphatic rings. The molecule has 1 unspecified atom stereocenters. The second kappa shape index (κ2) is 9.10. The normalized spacial score (nSPS) is 12.0. The van der Waals surface area contributed by atoms with Crippen LogP contribution in [0.25, 0.3) is 16.8 Å². The van der Waals surface area contributed by atoms with E-state index < -0.39 is 0 Å². The van der Waals surface area contributed by atoms with Gasteiger partial charge in [0.25, 0.3) is 0 Å². The predicted octanol–water partition coefficient (Wildman–Crippen LogP) is 5.00. The molecular formula is C23H22N2OS. The Morgan fingerprint density at radius 2 is 1.70 bits per heavy atom. The predicted molar refractivity (Wildman–Crippen MR) is 116 cm³/mol. The number of nitrogens with one attached hydrogen (secondary N) is 2. The molecule has 0 fully saturated rings. The quantitative estimate of drug-likeness (QED) is 0.488. The summed E-state index contributed by atoms with van der Waals surface area (Å²) in [5.74, 6) is -0.247. The molecule has 1 atom stereocenters. The van der Waals surface area contributed by atoms with Gasteiger partial charge >= 0.3 is 0 Å². The molecule has 0 saturated carbocycles. The fourth-order valence-electron chi connectivity index (χ4n) is 3.02. The lowest BCUT2D eigenvalue weighted by Gasteiger charge is -2.19. The molecule has 27 heavy (non-hydrogen) atoms. The molecular weight excluding hydrogens is 352 g/mol. The van der Waals surface area contributed by atoms with Crippen LogP contribution in [-0.2, 0) is 4.79 Å². The largest absolute Gasteiger partial charge is 0.356 e. The van der Waals surface area contributed by atoms with Gasteiger partial charge in [-0.1, -0.05) is 79.7 Å². The first kappa shape index (κ1) is 18.8. The smallest absolute Gasteiger partial charge is 0.250 e. The van der Waals surface area contributed by atoms with E-state index >= 15 is 0 Å². The molecule has 1 amide bonds. The van der Waals surface area contributed by atoms with Gasteiger partial charge in [0.05, 0.1) is 6.04 Å². The van der Waals surface area contributed by atoms with Crippen molar-refractivity contribution in [2.24, 2.45) is 0 Å². The lowest BCUT2D eigenvalue weighted by atomic mass is 10.0. The molecule has 136 valence electrons. The monoisotopic (exact) mass is 374 g/mol. The van der Waals surface area contributed by atoms with Crippen LogP contribution in [0.1, 0.15) is 30.5 Å². The summed E-state index contributed by atoms with van der Waals surface area (Å²) < 4.78 is 0. The minimum absolute atomic E-state index is 0.0704. The molecule has 0 heterocycles. The van der Waals surface area contributed by atoms with Crippen LogP contribution in [0.4, 0.5) is 0 Å². The number of hydrogen-bond acceptors (Lipinski definition) is 2. The summed E-state index contributed by atoms with van der Waals surface area (Å²) in [6, 6.07) is 24.3. The summed E-state index contributed by atoms with van der Waals surface area (Å²) in [6.07, 6.45) is 4.19. The van der Waals surface area contributed by atoms with Crippen molar-refractivity contribution in [1.82, 2.24) is 10.6 Å². The van der Waals surface area contributed by atoms with Gasteiger partial charge in [-0.15, -0.1) is 0 Å². The van der Waals surface area contributed by atoms with Gasteiger partial charge in [-0.2, -0.15) is 0 Å². The van der Waals surface area contributed by atoms with E-state index in [0.717, 1.165) is 28.3 Å². The standard InChI is InChI=1S/C23H22N2OS/c1-2-21(19-10-4-3-5-11-19)24-23(27)25-22(26)16-15-18-13-8-12-17-9-6-7-14-20(17)18/h3-16,21H,2H2,1H3,(H2,24,25,26,27)/b16-15+. The summed E-state index contributed by atoms with van der Waals surface area (Å²) in [5.41, 5.74) is 2.14. The molecule has 3 nitrogen and oxygen atoms in total. The Morgan fingerprint density at radius 3 is 2.48 bits per heavy atom. The van der Waals surface area contributed by atoms with Gasteiger partial charge in [-0.25, -0.2) is 0 Å². The third-order valence-electron chi connectivity index (χ3n) is 4.39. The zero-order valence-corrected chi connectivity index (χ0v) is 16.0. The van der Waals surface area contributed by atoms with E-state index in [0.29, 0.717) is 5.11 Å². The van der Waals surface area contributed by atoms with Crippen LogP contribution in [-0.4, -0.2) is 11.0 Å². The number of rotatable bonds is 5. The van der Waals surface area contributed by atoms with E-state index in [-0.39, 0.29) is 11.9 Å². The van der Waals surface area contributed by atoms with Crippen molar-refractivity contribution in [3.8, 4) is 0 Å². The zero-order valence-electron chi connectivity index (χ0n) is 15.2. The van der Waals surface area contributed by atoms with E-state index in [9.17, 15) is 4.79 Å². The third kappa shape index (κ3) is 5.02. The number of fused-ring (bicyclic) bond motifs is 1. The van der Waals surface area contributed by atoms with Crippen LogP contribution < -0.4 is 10.6 Å². The summed E-state index contributed by atoms with van der Waals surface area (Å²) in [7, 11) is 0. The fourth-order valence-corrected chi connectivity index (χ4v) is 3.26. The van der Waals surface area contributed by atoms with Crippen molar-refractivity contribution >= 4 is 40.1 Å². The molecule has 0 spiro atoms. The maximum atomic E-state index is 12.2. The minimum atomic E-state index is -0.247. The number of hydrogen-bond donors (Lipinski definition) is 2. The molecule has 0 aliphatic heterocycles. The maximum Gasteiger partial charge on any atom is 0.250 e. The van der Waals surface area contributed by atoms with Crippen LogP contribution >= 0.6 is 12.2 Å². The highest BCUT2D eigenvalue weighted by Gasteiger charge is 2.11. The molecule has 0 bridgehead atoms. The second-order valence-electron chi connectivity index (χ2n) is 6.24. The number of carbonyl (C=O) groups excluding carboxylic acids is 1. The molecule has 2 N–H and O–H groups in total. The van der Waals surface area contributed by atoms with E-state index in [1.54, 1.807) is 0 Å². The fraction of sp³-hybridized carbons (Fsp3) is 0.130. The highest BCUT2D eigenvalue weighted by molar-refractivity contribution is 7.80. The van der Waals surface area contributed by atoms with Gasteiger partial charge in [-0.3, -0.25) is 10.1 Å². The second-order valence-corrected chi connectivity index (χ2v) is 6.64. The number of benzene rings is 3. The first-order chi connectivity index (χ1) is 13.2. The first-order valence-corrected chi connectivity index (χ1v) is 9.40. The van der Waals surface area contributed by atoms with Crippen molar-refractivity contribution in [2.45, 2.75) is 19.4 Å². The zero-order chi connectivity index (χ0) is 19.1. The summed E-state index contributed by atoms with van der Waals surface area (Å²) in [5, 5.41) is 8.52. The van der Waals surface area contributed by atoms with Crippen LogP contribution in [0, 0.1) is 0 Å². The number of carbonyl (C=O) groups is 1. The van der Waals surface area contributed by atoms with Gasteiger partial charge < -0.3 is 5.32 Å². The maximum absolute atomic E-state index is 12.2. The average molecular weight is 375 g/mol. The van der Waals surface area contributed by atoms with Crippen molar-refractivity contribution in [1.29, 1.82) is 0 Å². The molecule has 3 rings (SSSR count). The lowest BCUT2D eigenvalue weighted by Crippen LogP contribution is -2.40. The lowest BCUT2D eigenvalue weighted by molar-refractivity contribution is -0.115. The van der Waals surface area contributed by atoms with E-state index in [1.165, 1.54) is 6.08 Å². The molecule has 3 aromatic carbocycles. The van der Waals surface area contributed by atoms with Crippen LogP contribution in [0.15, 0.2) is 78.9 Å². The van der Waals surface area contributed by atoms with Gasteiger partial charge in [-0.05, 0) is 46.6 Å². The minimum Gasteiger partial charge on any atom is -0.356 e. The Bertz CT molecular complexity index is 961. The Labute approximate surface area is 165 Å². The molecule has 0 aliphatic carbocycles. The van der Waals surface area contributed by atoms with Crippen molar-refractivity contribution in [3.63, 3.8) is 0 Å². The van der Waals surface area contributed by atoms with E-state index in [1.807, 2.05) is 66.7 Å². The van der Waals surface area contributed by atoms with Gasteiger partial charge in [0, 0.05) is 6.08 Å². The van der Waals surface area contributed by atoms with Crippen molar-refractivity contribution < 1.29 is 4.79 Å². The Hall–Kier alpha value is -2.98. The molecule has 0 aromatic heterocycles. The summed E-state index contributed by atoms with van der Waals surface area (Å²) in [6.45, 7) is 2.08. The van der Waals surface area contributed by atoms with Gasteiger partial charge in [0.15, 0.2) is 5.11 Å². The molecule has 3 aromatic rings. The summed E-state index contributed by atoms with van der Waals surface area (Å²) in [4.78, 5) is 12.2. The molecule has 0 radical (unpaired) electrons. The van der Waals surface area contributed by atoms with E-state index in [4.69, 9.17) is 12.2 Å². The highest BCUT2D eigenvalue weighted by Crippen LogP contribution is 2.19. The van der Waals surface area contributed by atoms with Gasteiger partial charge in [0.1, 0.15) is 0 Å². The topological polar surface area (TPSA) is 41.1 Å². The number of amides is 1. The summed E-state index contributed by atoms with van der Waals surface area (Å²) >= 11 is 5.30. The van der Waals surface area contributed by atoms with E-state index in [2.05, 4.69) is 29.7 Å². The first-order valence-electron chi connectivity index (χ1n) is 8.99. The molecule has 0 saturated heterocycles. The Balaban J connectivity index is 1.63. The molecule has 4 heteroatoms. The third-order valence-corrected chi connectivity index (χ3v) is 4.61. The Kier molecular flexibility index (Phi) is 6.34. The van der Waals surface area contributed by atoms with Gasteiger partial charge in [0.2, 0.25) is 5.91 Å². The SMILES string of the molecule is CCC(NC(=S)NC(=O)/C=C/c1cccc2ccccc12)c1ccccc1. The number of thiocarbonyl (C=S) groups is 1. The van der Waals surface area contributed by atoms with Crippen LogP contribution in [0.2, 0.25) is 0 Å². The highest BCUT2D eigenvalue weighted by atomic mass is 32.1.